The summed E-state index contributed by atoms with van der Waals surface area (Å²) in [5.74, 6) is 0.176. The van der Waals surface area contributed by atoms with Crippen molar-refractivity contribution in [2.24, 2.45) is 0 Å². The average molecular weight is 296 g/mol. The smallest absolute Gasteiger partial charge is 0.351 e. The molecule has 0 atom stereocenters. The van der Waals surface area contributed by atoms with Gasteiger partial charge < -0.3 is 13.9 Å². The van der Waals surface area contributed by atoms with Crippen LogP contribution in [0.15, 0.2) is 63.8 Å². The Morgan fingerprint density at radius 2 is 1.77 bits per heavy atom. The van der Waals surface area contributed by atoms with Crippen molar-refractivity contribution in [2.45, 2.75) is 0 Å². The minimum Gasteiger partial charge on any atom is -0.497 e. The molecule has 0 aliphatic carbocycles. The molecular weight excluding hydrogens is 284 g/mol. The molecule has 2 aromatic carbocycles. The number of ether oxygens (including phenoxy) is 2. The predicted molar refractivity (Wildman–Crippen MR) is 80.4 cm³/mol. The zero-order chi connectivity index (χ0) is 15.5. The van der Waals surface area contributed by atoms with E-state index in [2.05, 4.69) is 0 Å². The lowest BCUT2D eigenvalue weighted by atomic mass is 10.2. The molecule has 22 heavy (non-hydrogen) atoms. The van der Waals surface area contributed by atoms with Gasteiger partial charge in [0.05, 0.1) is 7.11 Å². The third-order valence-corrected chi connectivity index (χ3v) is 3.12. The van der Waals surface area contributed by atoms with Gasteiger partial charge in [0.2, 0.25) is 0 Å². The van der Waals surface area contributed by atoms with Crippen molar-refractivity contribution < 1.29 is 18.7 Å². The quantitative estimate of drug-likeness (QED) is 0.422. The molecule has 0 bridgehead atoms. The van der Waals surface area contributed by atoms with Crippen molar-refractivity contribution in [3.8, 4) is 11.5 Å². The number of benzene rings is 2. The van der Waals surface area contributed by atoms with E-state index in [0.717, 1.165) is 0 Å². The normalized spacial score (nSPS) is 10.4. The van der Waals surface area contributed by atoms with Crippen LogP contribution in [0.5, 0.6) is 11.5 Å². The van der Waals surface area contributed by atoms with Gasteiger partial charge >= 0.3 is 11.6 Å². The summed E-state index contributed by atoms with van der Waals surface area (Å²) in [6, 6.07) is 15.0. The second kappa shape index (κ2) is 5.73. The number of hydrogen-bond acceptors (Lipinski definition) is 5. The Labute approximate surface area is 125 Å². The maximum absolute atomic E-state index is 12.1. The van der Waals surface area contributed by atoms with Crippen LogP contribution >= 0.6 is 0 Å². The lowest BCUT2D eigenvalue weighted by Crippen LogP contribution is -2.18. The van der Waals surface area contributed by atoms with E-state index in [1.807, 2.05) is 0 Å². The van der Waals surface area contributed by atoms with Gasteiger partial charge in [-0.3, -0.25) is 0 Å². The third kappa shape index (κ3) is 2.69. The summed E-state index contributed by atoms with van der Waals surface area (Å²) in [6.45, 7) is 0. The second-order valence-corrected chi connectivity index (χ2v) is 4.55. The van der Waals surface area contributed by atoms with Crippen LogP contribution in [0.4, 0.5) is 0 Å². The van der Waals surface area contributed by atoms with Crippen LogP contribution in [-0.2, 0) is 0 Å². The molecule has 0 amide bonds. The minimum absolute atomic E-state index is 0.151. The highest BCUT2D eigenvalue weighted by Crippen LogP contribution is 2.20. The molecule has 0 spiro atoms. The first kappa shape index (κ1) is 13.9. The molecule has 3 aromatic rings. The average Bonchev–Trinajstić information content (AvgIpc) is 2.54. The van der Waals surface area contributed by atoms with Crippen LogP contribution in [0.25, 0.3) is 11.0 Å². The van der Waals surface area contributed by atoms with Crippen molar-refractivity contribution in [1.82, 2.24) is 0 Å². The Hall–Kier alpha value is -3.08. The van der Waals surface area contributed by atoms with Crippen LogP contribution in [0, 0.1) is 0 Å². The highest BCUT2D eigenvalue weighted by atomic mass is 16.5. The van der Waals surface area contributed by atoms with Crippen LogP contribution in [0.2, 0.25) is 0 Å². The number of carbonyl (C=O) groups is 1. The number of esters is 1. The number of hydrogen-bond donors (Lipinski definition) is 0. The molecule has 5 heteroatoms. The molecule has 1 aromatic heterocycles. The number of carbonyl (C=O) groups excluding carboxylic acids is 1. The molecular formula is C17H12O5. The Bertz CT molecular complexity index is 880. The van der Waals surface area contributed by atoms with Crippen LogP contribution in [0.1, 0.15) is 10.4 Å². The maximum Gasteiger partial charge on any atom is 0.351 e. The van der Waals surface area contributed by atoms with E-state index >= 15 is 0 Å². The molecule has 0 aliphatic rings. The summed E-state index contributed by atoms with van der Waals surface area (Å²) in [6.07, 6.45) is 0. The number of rotatable bonds is 3. The molecule has 5 nitrogen and oxygen atoms in total. The summed E-state index contributed by atoms with van der Waals surface area (Å²) in [4.78, 5) is 24.1. The van der Waals surface area contributed by atoms with Gasteiger partial charge in [-0.1, -0.05) is 18.2 Å². The number of fused-ring (bicyclic) bond motifs is 1. The third-order valence-electron chi connectivity index (χ3n) is 3.12. The Balaban J connectivity index is 1.98. The molecule has 110 valence electrons. The SMILES string of the molecule is COc1ccc2cc(C(=O)Oc3ccccc3)c(=O)oc2c1. The molecule has 0 saturated carbocycles. The first-order valence-electron chi connectivity index (χ1n) is 6.56. The summed E-state index contributed by atoms with van der Waals surface area (Å²) >= 11 is 0. The topological polar surface area (TPSA) is 65.7 Å². The Kier molecular flexibility index (Phi) is 3.62. The molecule has 3 rings (SSSR count). The zero-order valence-electron chi connectivity index (χ0n) is 11.7. The monoisotopic (exact) mass is 296 g/mol. The van der Waals surface area contributed by atoms with Gasteiger partial charge in [0.1, 0.15) is 22.6 Å². The van der Waals surface area contributed by atoms with Crippen molar-refractivity contribution in [2.75, 3.05) is 7.11 Å². The molecule has 0 unspecified atom stereocenters. The van der Waals surface area contributed by atoms with Gasteiger partial charge in [-0.25, -0.2) is 9.59 Å². The first-order valence-corrected chi connectivity index (χ1v) is 6.56. The van der Waals surface area contributed by atoms with E-state index in [1.54, 1.807) is 48.5 Å². The van der Waals surface area contributed by atoms with Crippen LogP contribution < -0.4 is 15.1 Å². The molecule has 0 saturated heterocycles. The van der Waals surface area contributed by atoms with Gasteiger partial charge in [-0.05, 0) is 30.3 Å². The lowest BCUT2D eigenvalue weighted by Gasteiger charge is -2.05. The minimum atomic E-state index is -0.752. The first-order chi connectivity index (χ1) is 10.7. The summed E-state index contributed by atoms with van der Waals surface area (Å²) in [7, 11) is 1.52. The second-order valence-electron chi connectivity index (χ2n) is 4.55. The van der Waals surface area contributed by atoms with Gasteiger partial charge in [-0.2, -0.15) is 0 Å². The Morgan fingerprint density at radius 3 is 2.50 bits per heavy atom. The van der Waals surface area contributed by atoms with E-state index in [0.29, 0.717) is 22.5 Å². The standard InChI is InChI=1S/C17H12O5/c1-20-13-8-7-11-9-14(17(19)22-15(11)10-13)16(18)21-12-5-3-2-4-6-12/h2-10H,1H3. The highest BCUT2D eigenvalue weighted by Gasteiger charge is 2.16. The maximum atomic E-state index is 12.1. The lowest BCUT2D eigenvalue weighted by molar-refractivity contribution is 0.0730. The van der Waals surface area contributed by atoms with E-state index in [-0.39, 0.29) is 5.56 Å². The van der Waals surface area contributed by atoms with Crippen molar-refractivity contribution in [1.29, 1.82) is 0 Å². The predicted octanol–water partition coefficient (Wildman–Crippen LogP) is 3.02. The number of methoxy groups -OCH3 is 1. The largest absolute Gasteiger partial charge is 0.497 e. The van der Waals surface area contributed by atoms with E-state index in [4.69, 9.17) is 13.9 Å². The van der Waals surface area contributed by atoms with E-state index in [9.17, 15) is 9.59 Å². The summed E-state index contributed by atoms with van der Waals surface area (Å²) < 4.78 is 15.4. The fourth-order valence-electron chi connectivity index (χ4n) is 2.01. The fraction of sp³-hybridized carbons (Fsp3) is 0.0588. The molecule has 0 fully saturated rings. The van der Waals surface area contributed by atoms with Gasteiger partial charge in [0.25, 0.3) is 0 Å². The Morgan fingerprint density at radius 1 is 1.00 bits per heavy atom. The summed E-state index contributed by atoms with van der Waals surface area (Å²) in [5, 5.41) is 0.611. The van der Waals surface area contributed by atoms with Crippen molar-refractivity contribution >= 4 is 16.9 Å². The van der Waals surface area contributed by atoms with Gasteiger partial charge in [-0.15, -0.1) is 0 Å². The molecule has 0 N–H and O–H groups in total. The molecule has 0 aliphatic heterocycles. The number of para-hydroxylation sites is 1. The van der Waals surface area contributed by atoms with Gasteiger partial charge in [0, 0.05) is 11.5 Å². The fourth-order valence-corrected chi connectivity index (χ4v) is 2.01. The van der Waals surface area contributed by atoms with Crippen molar-refractivity contribution in [3.05, 3.63) is 70.6 Å². The van der Waals surface area contributed by atoms with Gasteiger partial charge in [0.15, 0.2) is 0 Å². The zero-order valence-corrected chi connectivity index (χ0v) is 11.7. The van der Waals surface area contributed by atoms with E-state index in [1.165, 1.54) is 13.2 Å². The van der Waals surface area contributed by atoms with Crippen molar-refractivity contribution in [3.63, 3.8) is 0 Å². The van der Waals surface area contributed by atoms with Crippen LogP contribution in [-0.4, -0.2) is 13.1 Å². The van der Waals surface area contributed by atoms with Crippen LogP contribution in [0.3, 0.4) is 0 Å². The van der Waals surface area contributed by atoms with E-state index < -0.39 is 11.6 Å². The summed E-state index contributed by atoms with van der Waals surface area (Å²) in [5.41, 5.74) is -0.552. The molecule has 0 radical (unpaired) electrons. The molecule has 1 heterocycles. The highest BCUT2D eigenvalue weighted by molar-refractivity contribution is 5.94.